The normalized spacial score (nSPS) is 15.7. The smallest absolute Gasteiger partial charge is 0.197 e. The standard InChI is InChI=1S/C19H17NO2/c1-10-4-6-13-15(8-10)22-18-16(13)17(21)12-7-5-11(20)9-14(12)19(18,2)3/h4-9H,20H2,1-3H3. The highest BCUT2D eigenvalue weighted by Crippen LogP contribution is 2.45. The fraction of sp³-hybridized carbons (Fsp3) is 0.211. The Balaban J connectivity index is 2.12. The number of rotatable bonds is 0. The summed E-state index contributed by atoms with van der Waals surface area (Å²) in [6.07, 6.45) is 0. The lowest BCUT2D eigenvalue weighted by atomic mass is 9.71. The number of carbonyl (C=O) groups is 1. The van der Waals surface area contributed by atoms with E-state index in [-0.39, 0.29) is 11.2 Å². The van der Waals surface area contributed by atoms with E-state index in [2.05, 4.69) is 13.8 Å². The summed E-state index contributed by atoms with van der Waals surface area (Å²) >= 11 is 0. The zero-order valence-electron chi connectivity index (χ0n) is 12.9. The molecular formula is C19H17NO2. The third kappa shape index (κ3) is 1.54. The van der Waals surface area contributed by atoms with Gasteiger partial charge in [-0.1, -0.05) is 12.1 Å². The zero-order valence-corrected chi connectivity index (χ0v) is 12.9. The molecule has 1 aromatic heterocycles. The first-order valence-electron chi connectivity index (χ1n) is 7.38. The number of benzene rings is 2. The van der Waals surface area contributed by atoms with E-state index in [1.54, 1.807) is 6.07 Å². The van der Waals surface area contributed by atoms with E-state index in [9.17, 15) is 4.79 Å². The number of hydrogen-bond donors (Lipinski definition) is 1. The molecule has 0 fully saturated rings. The van der Waals surface area contributed by atoms with Gasteiger partial charge in [-0.05, 0) is 56.2 Å². The molecule has 0 spiro atoms. The molecule has 0 bridgehead atoms. The molecule has 4 rings (SSSR count). The van der Waals surface area contributed by atoms with Crippen molar-refractivity contribution in [1.82, 2.24) is 0 Å². The number of nitrogen functional groups attached to an aromatic ring is 1. The molecule has 3 aromatic rings. The molecule has 0 aliphatic heterocycles. The molecular weight excluding hydrogens is 274 g/mol. The lowest BCUT2D eigenvalue weighted by molar-refractivity contribution is 0.102. The van der Waals surface area contributed by atoms with Crippen molar-refractivity contribution in [2.45, 2.75) is 26.2 Å². The Bertz CT molecular complexity index is 947. The molecule has 0 amide bonds. The number of nitrogens with two attached hydrogens (primary N) is 1. The van der Waals surface area contributed by atoms with Crippen molar-refractivity contribution in [3.63, 3.8) is 0 Å². The monoisotopic (exact) mass is 291 g/mol. The summed E-state index contributed by atoms with van der Waals surface area (Å²) in [6.45, 7) is 6.17. The number of fused-ring (bicyclic) bond motifs is 4. The number of carbonyl (C=O) groups excluding carboxylic acids is 1. The fourth-order valence-corrected chi connectivity index (χ4v) is 3.40. The fourth-order valence-electron chi connectivity index (χ4n) is 3.40. The van der Waals surface area contributed by atoms with Crippen molar-refractivity contribution < 1.29 is 9.21 Å². The quantitative estimate of drug-likeness (QED) is 0.632. The second-order valence-electron chi connectivity index (χ2n) is 6.56. The largest absolute Gasteiger partial charge is 0.459 e. The van der Waals surface area contributed by atoms with E-state index in [4.69, 9.17) is 10.2 Å². The molecule has 1 aliphatic carbocycles. The number of aryl methyl sites for hydroxylation is 1. The molecule has 0 saturated carbocycles. The minimum absolute atomic E-state index is 0.0203. The molecule has 2 N–H and O–H groups in total. The topological polar surface area (TPSA) is 56.2 Å². The Kier molecular flexibility index (Phi) is 2.39. The van der Waals surface area contributed by atoms with Crippen LogP contribution < -0.4 is 5.73 Å². The highest BCUT2D eigenvalue weighted by atomic mass is 16.3. The van der Waals surface area contributed by atoms with Gasteiger partial charge in [-0.3, -0.25) is 4.79 Å². The third-order valence-corrected chi connectivity index (χ3v) is 4.60. The Morgan fingerprint density at radius 1 is 1.09 bits per heavy atom. The average Bonchev–Trinajstić information content (AvgIpc) is 2.84. The van der Waals surface area contributed by atoms with Crippen molar-refractivity contribution in [2.24, 2.45) is 0 Å². The lowest BCUT2D eigenvalue weighted by Gasteiger charge is -2.30. The van der Waals surface area contributed by atoms with Crippen LogP contribution in [0.5, 0.6) is 0 Å². The van der Waals surface area contributed by atoms with Gasteiger partial charge in [0.2, 0.25) is 0 Å². The minimum atomic E-state index is -0.388. The van der Waals surface area contributed by atoms with Crippen molar-refractivity contribution in [3.05, 3.63) is 64.4 Å². The molecule has 1 aliphatic rings. The minimum Gasteiger partial charge on any atom is -0.459 e. The van der Waals surface area contributed by atoms with Crippen LogP contribution in [-0.2, 0) is 5.41 Å². The van der Waals surface area contributed by atoms with Gasteiger partial charge in [-0.25, -0.2) is 0 Å². The second-order valence-corrected chi connectivity index (χ2v) is 6.56. The Morgan fingerprint density at radius 2 is 1.86 bits per heavy atom. The van der Waals surface area contributed by atoms with E-state index < -0.39 is 0 Å². The maximum absolute atomic E-state index is 13.0. The van der Waals surface area contributed by atoms with Crippen LogP contribution in [0.2, 0.25) is 0 Å². The van der Waals surface area contributed by atoms with Crippen LogP contribution in [0, 0.1) is 6.92 Å². The number of anilines is 1. The Morgan fingerprint density at radius 3 is 2.64 bits per heavy atom. The number of furan rings is 1. The van der Waals surface area contributed by atoms with Gasteiger partial charge in [0.05, 0.1) is 5.56 Å². The average molecular weight is 291 g/mol. The van der Waals surface area contributed by atoms with Gasteiger partial charge < -0.3 is 10.2 Å². The molecule has 2 aromatic carbocycles. The summed E-state index contributed by atoms with van der Waals surface area (Å²) in [4.78, 5) is 13.0. The van der Waals surface area contributed by atoms with Gasteiger partial charge in [0, 0.05) is 22.1 Å². The zero-order chi connectivity index (χ0) is 15.6. The first kappa shape index (κ1) is 13.1. The van der Waals surface area contributed by atoms with Gasteiger partial charge in [0.1, 0.15) is 11.3 Å². The van der Waals surface area contributed by atoms with E-state index in [0.717, 1.165) is 33.4 Å². The molecule has 3 heteroatoms. The first-order valence-corrected chi connectivity index (χ1v) is 7.38. The van der Waals surface area contributed by atoms with Crippen LogP contribution in [-0.4, -0.2) is 5.78 Å². The van der Waals surface area contributed by atoms with Gasteiger partial charge in [0.25, 0.3) is 0 Å². The van der Waals surface area contributed by atoms with Crippen molar-refractivity contribution in [2.75, 3.05) is 5.73 Å². The van der Waals surface area contributed by atoms with E-state index in [0.29, 0.717) is 11.3 Å². The first-order chi connectivity index (χ1) is 10.4. The van der Waals surface area contributed by atoms with Crippen LogP contribution in [0.15, 0.2) is 40.8 Å². The summed E-state index contributed by atoms with van der Waals surface area (Å²) in [6, 6.07) is 11.5. The number of hydrogen-bond acceptors (Lipinski definition) is 3. The van der Waals surface area contributed by atoms with Crippen LogP contribution in [0.4, 0.5) is 5.69 Å². The number of ketones is 1. The molecule has 0 unspecified atom stereocenters. The summed E-state index contributed by atoms with van der Waals surface area (Å²) in [5, 5.41) is 0.890. The third-order valence-electron chi connectivity index (χ3n) is 4.60. The van der Waals surface area contributed by atoms with E-state index in [1.165, 1.54) is 0 Å². The van der Waals surface area contributed by atoms with Gasteiger partial charge in [0.15, 0.2) is 5.78 Å². The Hall–Kier alpha value is -2.55. The predicted octanol–water partition coefficient (Wildman–Crippen LogP) is 4.19. The summed E-state index contributed by atoms with van der Waals surface area (Å²) in [7, 11) is 0. The summed E-state index contributed by atoms with van der Waals surface area (Å²) < 4.78 is 6.09. The molecule has 22 heavy (non-hydrogen) atoms. The summed E-state index contributed by atoms with van der Waals surface area (Å²) in [5.74, 6) is 0.753. The molecule has 0 atom stereocenters. The van der Waals surface area contributed by atoms with Crippen molar-refractivity contribution >= 4 is 22.4 Å². The maximum Gasteiger partial charge on any atom is 0.197 e. The highest BCUT2D eigenvalue weighted by Gasteiger charge is 2.41. The van der Waals surface area contributed by atoms with Crippen LogP contribution >= 0.6 is 0 Å². The second kappa shape index (κ2) is 4.01. The summed E-state index contributed by atoms with van der Waals surface area (Å²) in [5.41, 5.74) is 10.4. The highest BCUT2D eigenvalue weighted by molar-refractivity contribution is 6.19. The van der Waals surface area contributed by atoms with Gasteiger partial charge in [-0.15, -0.1) is 0 Å². The van der Waals surface area contributed by atoms with Gasteiger partial charge >= 0.3 is 0 Å². The molecule has 0 saturated heterocycles. The SMILES string of the molecule is Cc1ccc2c3c(oc2c1)C(C)(C)c1cc(N)ccc1C3=O. The predicted molar refractivity (Wildman–Crippen MR) is 87.4 cm³/mol. The molecule has 0 radical (unpaired) electrons. The maximum atomic E-state index is 13.0. The molecule has 1 heterocycles. The molecule has 3 nitrogen and oxygen atoms in total. The lowest BCUT2D eigenvalue weighted by Crippen LogP contribution is -2.29. The van der Waals surface area contributed by atoms with Crippen molar-refractivity contribution in [3.8, 4) is 0 Å². The van der Waals surface area contributed by atoms with Gasteiger partial charge in [-0.2, -0.15) is 0 Å². The molecule has 110 valence electrons. The van der Waals surface area contributed by atoms with Crippen LogP contribution in [0.3, 0.4) is 0 Å². The van der Waals surface area contributed by atoms with E-state index >= 15 is 0 Å². The van der Waals surface area contributed by atoms with E-state index in [1.807, 2.05) is 37.3 Å². The Labute approximate surface area is 128 Å². The van der Waals surface area contributed by atoms with Crippen LogP contribution in [0.1, 0.15) is 46.7 Å². The van der Waals surface area contributed by atoms with Crippen molar-refractivity contribution in [1.29, 1.82) is 0 Å². The van der Waals surface area contributed by atoms with Crippen LogP contribution in [0.25, 0.3) is 11.0 Å².